The monoisotopic (exact) mass is 283 g/mol. The molecule has 0 unspecified atom stereocenters. The van der Waals surface area contributed by atoms with Crippen LogP contribution in [-0.4, -0.2) is 18.2 Å². The number of hydrogen-bond acceptors (Lipinski definition) is 3. The van der Waals surface area contributed by atoms with Gasteiger partial charge in [0.1, 0.15) is 11.4 Å². The van der Waals surface area contributed by atoms with Gasteiger partial charge in [0.25, 0.3) is 0 Å². The smallest absolute Gasteiger partial charge is 0.351 e. The van der Waals surface area contributed by atoms with Crippen LogP contribution in [0.1, 0.15) is 12.0 Å². The maximum absolute atomic E-state index is 10.7. The van der Waals surface area contributed by atoms with Crippen LogP contribution in [0.3, 0.4) is 0 Å². The van der Waals surface area contributed by atoms with Crippen molar-refractivity contribution in [2.75, 3.05) is 7.11 Å². The zero-order valence-electron chi connectivity index (χ0n) is 11.7. The van der Waals surface area contributed by atoms with Crippen LogP contribution in [0.4, 0.5) is 0 Å². The van der Waals surface area contributed by atoms with Crippen molar-refractivity contribution in [3.8, 4) is 5.75 Å². The summed E-state index contributed by atoms with van der Waals surface area (Å²) in [6, 6.07) is 7.80. The van der Waals surface area contributed by atoms with E-state index in [1.807, 2.05) is 42.5 Å². The summed E-state index contributed by atoms with van der Waals surface area (Å²) in [5.41, 5.74) is 8.28. The molecule has 0 amide bonds. The molecule has 0 radical (unpaired) electrons. The second-order valence-electron chi connectivity index (χ2n) is 4.64. The number of carbonyl (C=O) groups is 1. The Morgan fingerprint density at radius 3 is 2.52 bits per heavy atom. The Labute approximate surface area is 123 Å². The molecule has 0 spiro atoms. The molecular formula is C17H17NO3. The van der Waals surface area contributed by atoms with Crippen molar-refractivity contribution in [1.29, 1.82) is 0 Å². The number of carboxylic acids is 1. The predicted octanol–water partition coefficient (Wildman–Crippen LogP) is 2.89. The first-order valence-corrected chi connectivity index (χ1v) is 6.52. The lowest BCUT2D eigenvalue weighted by atomic mass is 9.99. The minimum Gasteiger partial charge on any atom is -0.497 e. The summed E-state index contributed by atoms with van der Waals surface area (Å²) in [6.45, 7) is 0. The van der Waals surface area contributed by atoms with Crippen LogP contribution in [0.15, 0.2) is 65.4 Å². The fourth-order valence-electron chi connectivity index (χ4n) is 1.94. The molecule has 4 nitrogen and oxygen atoms in total. The summed E-state index contributed by atoms with van der Waals surface area (Å²) in [6.07, 6.45) is 10.0. The van der Waals surface area contributed by atoms with E-state index in [1.165, 1.54) is 6.08 Å². The Morgan fingerprint density at radius 1 is 1.29 bits per heavy atom. The molecule has 0 aliphatic heterocycles. The van der Waals surface area contributed by atoms with Crippen LogP contribution >= 0.6 is 0 Å². The lowest BCUT2D eigenvalue weighted by molar-refractivity contribution is -0.132. The molecule has 1 aromatic carbocycles. The molecule has 1 aliphatic rings. The second-order valence-corrected chi connectivity index (χ2v) is 4.64. The largest absolute Gasteiger partial charge is 0.497 e. The second kappa shape index (κ2) is 6.61. The average Bonchev–Trinajstić information content (AvgIpc) is 2.50. The Bertz CT molecular complexity index is 649. The molecule has 0 aromatic heterocycles. The molecule has 0 saturated carbocycles. The fourth-order valence-corrected chi connectivity index (χ4v) is 1.94. The number of aliphatic carboxylic acids is 1. The third-order valence-corrected chi connectivity index (χ3v) is 3.10. The van der Waals surface area contributed by atoms with Gasteiger partial charge in [0.05, 0.1) is 7.11 Å². The predicted molar refractivity (Wildman–Crippen MR) is 82.7 cm³/mol. The maximum atomic E-state index is 10.7. The van der Waals surface area contributed by atoms with Gasteiger partial charge in [0.15, 0.2) is 0 Å². The highest BCUT2D eigenvalue weighted by Gasteiger charge is 2.04. The van der Waals surface area contributed by atoms with Gasteiger partial charge in [-0.3, -0.25) is 0 Å². The van der Waals surface area contributed by atoms with E-state index in [0.29, 0.717) is 0 Å². The molecule has 21 heavy (non-hydrogen) atoms. The lowest BCUT2D eigenvalue weighted by Crippen LogP contribution is -2.10. The molecule has 4 heteroatoms. The molecule has 0 fully saturated rings. The Balaban J connectivity index is 2.08. The zero-order chi connectivity index (χ0) is 15.2. The number of methoxy groups -OCH3 is 1. The van der Waals surface area contributed by atoms with Gasteiger partial charge in [-0.25, -0.2) is 4.79 Å². The number of allylic oxidation sites excluding steroid dienone is 6. The van der Waals surface area contributed by atoms with Crippen molar-refractivity contribution in [3.63, 3.8) is 0 Å². The molecule has 2 rings (SSSR count). The number of rotatable bonds is 4. The summed E-state index contributed by atoms with van der Waals surface area (Å²) in [5.74, 6) is -0.281. The quantitative estimate of drug-likeness (QED) is 0.833. The molecule has 0 heterocycles. The van der Waals surface area contributed by atoms with E-state index in [1.54, 1.807) is 7.11 Å². The summed E-state index contributed by atoms with van der Waals surface area (Å²) >= 11 is 0. The minimum absolute atomic E-state index is 0.159. The normalized spacial score (nSPS) is 16.7. The van der Waals surface area contributed by atoms with Gasteiger partial charge >= 0.3 is 5.97 Å². The third-order valence-electron chi connectivity index (χ3n) is 3.10. The van der Waals surface area contributed by atoms with Crippen LogP contribution in [0.2, 0.25) is 0 Å². The summed E-state index contributed by atoms with van der Waals surface area (Å²) in [4.78, 5) is 10.7. The van der Waals surface area contributed by atoms with Gasteiger partial charge in [-0.15, -0.1) is 0 Å². The van der Waals surface area contributed by atoms with Crippen molar-refractivity contribution in [2.45, 2.75) is 6.42 Å². The van der Waals surface area contributed by atoms with E-state index < -0.39 is 5.97 Å². The average molecular weight is 283 g/mol. The first-order chi connectivity index (χ1) is 10.1. The van der Waals surface area contributed by atoms with Crippen molar-refractivity contribution in [2.24, 2.45) is 5.73 Å². The highest BCUT2D eigenvalue weighted by molar-refractivity contribution is 5.86. The van der Waals surface area contributed by atoms with E-state index in [2.05, 4.69) is 6.08 Å². The van der Waals surface area contributed by atoms with Gasteiger partial charge in [-0.1, -0.05) is 36.4 Å². The van der Waals surface area contributed by atoms with E-state index in [4.69, 9.17) is 15.6 Å². The summed E-state index contributed by atoms with van der Waals surface area (Å²) < 4.78 is 5.12. The van der Waals surface area contributed by atoms with Gasteiger partial charge in [0.2, 0.25) is 0 Å². The zero-order valence-corrected chi connectivity index (χ0v) is 11.7. The Hall–Kier alpha value is -2.75. The highest BCUT2D eigenvalue weighted by atomic mass is 16.5. The van der Waals surface area contributed by atoms with E-state index in [9.17, 15) is 4.79 Å². The van der Waals surface area contributed by atoms with E-state index >= 15 is 0 Å². The number of carboxylic acid groups (broad SMARTS) is 1. The first-order valence-electron chi connectivity index (χ1n) is 6.52. The number of hydrogen-bond donors (Lipinski definition) is 2. The maximum Gasteiger partial charge on any atom is 0.351 e. The van der Waals surface area contributed by atoms with Crippen LogP contribution in [0.5, 0.6) is 5.75 Å². The van der Waals surface area contributed by atoms with Crippen molar-refractivity contribution in [1.82, 2.24) is 0 Å². The van der Waals surface area contributed by atoms with Gasteiger partial charge in [0, 0.05) is 0 Å². The van der Waals surface area contributed by atoms with Gasteiger partial charge in [-0.05, 0) is 41.3 Å². The van der Waals surface area contributed by atoms with Crippen LogP contribution in [0.25, 0.3) is 6.08 Å². The molecule has 108 valence electrons. The molecule has 0 saturated heterocycles. The molecule has 1 aliphatic carbocycles. The van der Waals surface area contributed by atoms with Crippen LogP contribution in [0, 0.1) is 0 Å². The summed E-state index contributed by atoms with van der Waals surface area (Å²) in [5, 5.41) is 8.74. The highest BCUT2D eigenvalue weighted by Crippen LogP contribution is 2.21. The van der Waals surface area contributed by atoms with Gasteiger partial charge < -0.3 is 15.6 Å². The Kier molecular flexibility index (Phi) is 4.61. The topological polar surface area (TPSA) is 72.5 Å². The fraction of sp³-hybridized carbons (Fsp3) is 0.118. The standard InChI is InChI=1S/C17H17NO3/c1-21-15-8-6-13(7-9-15)10-12-2-4-14(5-3-12)11-16(18)17(19)20/h2,4-11H,3,18H2,1H3,(H,19,20). The van der Waals surface area contributed by atoms with Crippen LogP contribution in [-0.2, 0) is 4.79 Å². The van der Waals surface area contributed by atoms with E-state index in [0.717, 1.165) is 28.9 Å². The SMILES string of the molecule is COc1ccc(C=C2C=CC(C=C(N)C(=O)O)=CC2)cc1. The van der Waals surface area contributed by atoms with Crippen molar-refractivity contribution in [3.05, 3.63) is 71.0 Å². The van der Waals surface area contributed by atoms with Crippen molar-refractivity contribution >= 4 is 12.0 Å². The number of ether oxygens (including phenoxy) is 1. The minimum atomic E-state index is -1.11. The third kappa shape index (κ3) is 4.11. The van der Waals surface area contributed by atoms with Crippen molar-refractivity contribution < 1.29 is 14.6 Å². The molecule has 3 N–H and O–H groups in total. The Morgan fingerprint density at radius 2 is 2.00 bits per heavy atom. The molecule has 0 atom stereocenters. The number of benzene rings is 1. The molecule has 1 aromatic rings. The number of nitrogens with two attached hydrogens (primary N) is 1. The molecular weight excluding hydrogens is 266 g/mol. The van der Waals surface area contributed by atoms with Crippen LogP contribution < -0.4 is 10.5 Å². The first kappa shape index (κ1) is 14.7. The summed E-state index contributed by atoms with van der Waals surface area (Å²) in [7, 11) is 1.64. The lowest BCUT2D eigenvalue weighted by Gasteiger charge is -2.07. The molecule has 0 bridgehead atoms. The van der Waals surface area contributed by atoms with Gasteiger partial charge in [-0.2, -0.15) is 0 Å². The van der Waals surface area contributed by atoms with E-state index in [-0.39, 0.29) is 5.70 Å².